The summed E-state index contributed by atoms with van der Waals surface area (Å²) in [5.74, 6) is 0.641. The Morgan fingerprint density at radius 2 is 1.56 bits per heavy atom. The maximum absolute atomic E-state index is 12.9. The van der Waals surface area contributed by atoms with Crippen LogP contribution in [0.2, 0.25) is 0 Å². The van der Waals surface area contributed by atoms with Crippen LogP contribution in [-0.4, -0.2) is 26.6 Å². The van der Waals surface area contributed by atoms with Gasteiger partial charge in [-0.2, -0.15) is 5.10 Å². The van der Waals surface area contributed by atoms with Gasteiger partial charge < -0.3 is 0 Å². The van der Waals surface area contributed by atoms with E-state index in [0.717, 1.165) is 16.8 Å². The van der Waals surface area contributed by atoms with Crippen molar-refractivity contribution in [3.63, 3.8) is 0 Å². The zero-order valence-corrected chi connectivity index (χ0v) is 18.2. The van der Waals surface area contributed by atoms with Crippen molar-refractivity contribution in [2.24, 2.45) is 12.1 Å². The first kappa shape index (κ1) is 20.0. The molecule has 0 N–H and O–H groups in total. The van der Waals surface area contributed by atoms with E-state index in [1.807, 2.05) is 41.4 Å². The Morgan fingerprint density at radius 1 is 0.906 bits per heavy atom. The van der Waals surface area contributed by atoms with Gasteiger partial charge in [0.1, 0.15) is 0 Å². The van der Waals surface area contributed by atoms with Gasteiger partial charge in [-0.05, 0) is 23.6 Å². The molecular formula is C26H25N5O. The molecule has 6 nitrogen and oxygen atoms in total. The van der Waals surface area contributed by atoms with E-state index in [9.17, 15) is 4.79 Å². The highest BCUT2D eigenvalue weighted by molar-refractivity contribution is 6.07. The number of aryl methyl sites for hydroxylation is 1. The topological polar surface area (TPSA) is 55.4 Å². The maximum atomic E-state index is 12.9. The van der Waals surface area contributed by atoms with Crippen LogP contribution in [0.5, 0.6) is 0 Å². The Balaban J connectivity index is 1.53. The molecule has 1 aliphatic heterocycles. The van der Waals surface area contributed by atoms with Crippen molar-refractivity contribution in [1.82, 2.24) is 14.3 Å². The normalized spacial score (nSPS) is 15.8. The molecule has 5 rings (SSSR count). The Labute approximate surface area is 187 Å². The molecule has 1 aliphatic rings. The number of aromatic nitrogens is 3. The van der Waals surface area contributed by atoms with Crippen LogP contribution in [-0.2, 0) is 13.6 Å². The molecule has 2 heterocycles. The second kappa shape index (κ2) is 8.30. The number of rotatable bonds is 5. The van der Waals surface area contributed by atoms with Crippen molar-refractivity contribution >= 4 is 11.7 Å². The van der Waals surface area contributed by atoms with Gasteiger partial charge in [-0.15, -0.1) is 5.10 Å². The number of hydrogen-bond donors (Lipinski definition) is 0. The van der Waals surface area contributed by atoms with Crippen LogP contribution in [0.1, 0.15) is 28.2 Å². The molecular weight excluding hydrogens is 398 g/mol. The summed E-state index contributed by atoms with van der Waals surface area (Å²) in [4.78, 5) is 12.9. The molecule has 0 spiro atoms. The summed E-state index contributed by atoms with van der Waals surface area (Å²) in [7, 11) is 1.75. The Hall–Kier alpha value is -3.93. The lowest BCUT2D eigenvalue weighted by molar-refractivity contribution is 0.646. The van der Waals surface area contributed by atoms with E-state index in [2.05, 4.69) is 60.6 Å². The minimum Gasteiger partial charge on any atom is -0.263 e. The standard InChI is InChI=1S/C26H25N5O/c1-19-13-15-22(16-14-19)24-23(21-11-7-4-8-12-21)18-30(27-24)25-28-31(26(32)29(25)2)17-20-9-5-3-6-10-20/h3-16,23H,17-18H2,1-2H3/t23-/m1/s1. The molecule has 3 aromatic carbocycles. The van der Waals surface area contributed by atoms with Gasteiger partial charge in [0.2, 0.25) is 5.95 Å². The molecule has 1 aromatic heterocycles. The minimum absolute atomic E-state index is 0.0910. The molecule has 0 aliphatic carbocycles. The van der Waals surface area contributed by atoms with Gasteiger partial charge in [-0.1, -0.05) is 90.5 Å². The predicted octanol–water partition coefficient (Wildman–Crippen LogP) is 3.95. The fourth-order valence-corrected chi connectivity index (χ4v) is 4.12. The van der Waals surface area contributed by atoms with Crippen molar-refractivity contribution in [2.75, 3.05) is 11.6 Å². The van der Waals surface area contributed by atoms with E-state index in [4.69, 9.17) is 5.10 Å². The summed E-state index contributed by atoms with van der Waals surface area (Å²) in [6.45, 7) is 3.14. The van der Waals surface area contributed by atoms with Crippen molar-refractivity contribution in [1.29, 1.82) is 0 Å². The smallest absolute Gasteiger partial charge is 0.263 e. The third kappa shape index (κ3) is 3.75. The van der Waals surface area contributed by atoms with Crippen LogP contribution in [0.15, 0.2) is 94.8 Å². The van der Waals surface area contributed by atoms with Gasteiger partial charge >= 0.3 is 5.69 Å². The first-order valence-corrected chi connectivity index (χ1v) is 10.8. The second-order valence-electron chi connectivity index (χ2n) is 8.18. The van der Waals surface area contributed by atoms with Gasteiger partial charge in [0, 0.05) is 13.0 Å². The highest BCUT2D eigenvalue weighted by Gasteiger charge is 2.32. The molecule has 6 heteroatoms. The number of benzene rings is 3. The molecule has 0 saturated heterocycles. The lowest BCUT2D eigenvalue weighted by Crippen LogP contribution is -2.25. The SMILES string of the molecule is Cc1ccc(C2=NN(c3nn(Cc4ccccc4)c(=O)n3C)C[C@@H]2c2ccccc2)cc1. The number of anilines is 1. The predicted molar refractivity (Wildman–Crippen MR) is 127 cm³/mol. The first-order chi connectivity index (χ1) is 15.6. The molecule has 0 saturated carbocycles. The quantitative estimate of drug-likeness (QED) is 0.488. The number of hydrazone groups is 1. The van der Waals surface area contributed by atoms with Crippen molar-refractivity contribution < 1.29 is 0 Å². The van der Waals surface area contributed by atoms with Crippen LogP contribution >= 0.6 is 0 Å². The van der Waals surface area contributed by atoms with E-state index >= 15 is 0 Å². The maximum Gasteiger partial charge on any atom is 0.347 e. The van der Waals surface area contributed by atoms with Crippen molar-refractivity contribution in [3.8, 4) is 0 Å². The zero-order valence-electron chi connectivity index (χ0n) is 18.2. The van der Waals surface area contributed by atoms with Gasteiger partial charge in [0.25, 0.3) is 0 Å². The van der Waals surface area contributed by atoms with Crippen LogP contribution < -0.4 is 10.7 Å². The summed E-state index contributed by atoms with van der Waals surface area (Å²) >= 11 is 0. The fourth-order valence-electron chi connectivity index (χ4n) is 4.12. The summed E-state index contributed by atoms with van der Waals surface area (Å²) in [6, 6.07) is 28.7. The lowest BCUT2D eigenvalue weighted by Gasteiger charge is -2.15. The molecule has 4 aromatic rings. The zero-order chi connectivity index (χ0) is 22.1. The first-order valence-electron chi connectivity index (χ1n) is 10.8. The molecule has 160 valence electrons. The highest BCUT2D eigenvalue weighted by Crippen LogP contribution is 2.30. The highest BCUT2D eigenvalue weighted by atomic mass is 16.2. The molecule has 0 amide bonds. The van der Waals surface area contributed by atoms with Gasteiger partial charge in [-0.25, -0.2) is 14.5 Å². The summed E-state index contributed by atoms with van der Waals surface area (Å²) < 4.78 is 3.08. The molecule has 0 bridgehead atoms. The number of nitrogens with zero attached hydrogens (tertiary/aromatic N) is 5. The van der Waals surface area contributed by atoms with E-state index in [-0.39, 0.29) is 11.6 Å². The summed E-state index contributed by atoms with van der Waals surface area (Å²) in [5, 5.41) is 11.5. The Kier molecular flexibility index (Phi) is 5.19. The fraction of sp³-hybridized carbons (Fsp3) is 0.192. The summed E-state index contributed by atoms with van der Waals surface area (Å²) in [6.07, 6.45) is 0. The number of hydrogen-bond acceptors (Lipinski definition) is 4. The largest absolute Gasteiger partial charge is 0.347 e. The van der Waals surface area contributed by atoms with Gasteiger partial charge in [0.05, 0.1) is 18.8 Å². The van der Waals surface area contributed by atoms with E-state index in [1.54, 1.807) is 11.6 Å². The second-order valence-corrected chi connectivity index (χ2v) is 8.18. The molecule has 0 fully saturated rings. The third-order valence-corrected chi connectivity index (χ3v) is 5.89. The van der Waals surface area contributed by atoms with Gasteiger partial charge in [-0.3, -0.25) is 4.57 Å². The van der Waals surface area contributed by atoms with E-state index in [1.165, 1.54) is 15.8 Å². The molecule has 32 heavy (non-hydrogen) atoms. The lowest BCUT2D eigenvalue weighted by atomic mass is 9.90. The minimum atomic E-state index is -0.154. The Bertz CT molecular complexity index is 1300. The van der Waals surface area contributed by atoms with E-state index in [0.29, 0.717) is 19.0 Å². The summed E-state index contributed by atoms with van der Waals surface area (Å²) in [5.41, 5.74) is 5.36. The van der Waals surface area contributed by atoms with Crippen LogP contribution in [0.4, 0.5) is 5.95 Å². The monoisotopic (exact) mass is 423 g/mol. The van der Waals surface area contributed by atoms with Crippen molar-refractivity contribution in [2.45, 2.75) is 19.4 Å². The van der Waals surface area contributed by atoms with E-state index < -0.39 is 0 Å². The average molecular weight is 424 g/mol. The van der Waals surface area contributed by atoms with Crippen LogP contribution in [0, 0.1) is 6.92 Å². The van der Waals surface area contributed by atoms with Gasteiger partial charge in [0.15, 0.2) is 0 Å². The van der Waals surface area contributed by atoms with Crippen LogP contribution in [0.25, 0.3) is 0 Å². The third-order valence-electron chi connectivity index (χ3n) is 5.89. The van der Waals surface area contributed by atoms with Crippen LogP contribution in [0.3, 0.4) is 0 Å². The average Bonchev–Trinajstić information content (AvgIpc) is 3.38. The van der Waals surface area contributed by atoms with Crippen molar-refractivity contribution in [3.05, 3.63) is 118 Å². The molecule has 0 radical (unpaired) electrons. The molecule has 0 unspecified atom stereocenters. The Morgan fingerprint density at radius 3 is 2.25 bits per heavy atom. The molecule has 1 atom stereocenters.